The SMILES string of the molecule is COc1ccc(Cn2c(CCC(=O)NCc3ccc(C)cc3)nc3ncccc3c2=O)cc1. The molecule has 0 bridgehead atoms. The van der Waals surface area contributed by atoms with Gasteiger partial charge in [-0.25, -0.2) is 9.97 Å². The molecule has 0 aliphatic carbocycles. The minimum Gasteiger partial charge on any atom is -0.497 e. The van der Waals surface area contributed by atoms with Crippen LogP contribution in [0.3, 0.4) is 0 Å². The van der Waals surface area contributed by atoms with Crippen molar-refractivity contribution in [3.8, 4) is 5.75 Å². The van der Waals surface area contributed by atoms with Gasteiger partial charge in [0, 0.05) is 25.6 Å². The van der Waals surface area contributed by atoms with E-state index >= 15 is 0 Å². The Balaban J connectivity index is 1.53. The smallest absolute Gasteiger partial charge is 0.263 e. The number of amides is 1. The number of nitrogens with zero attached hydrogens (tertiary/aromatic N) is 3. The molecule has 0 aliphatic heterocycles. The number of aromatic nitrogens is 3. The summed E-state index contributed by atoms with van der Waals surface area (Å²) in [4.78, 5) is 34.6. The zero-order valence-electron chi connectivity index (χ0n) is 18.7. The number of methoxy groups -OCH3 is 1. The van der Waals surface area contributed by atoms with Gasteiger partial charge in [0.15, 0.2) is 5.65 Å². The second-order valence-corrected chi connectivity index (χ2v) is 7.90. The summed E-state index contributed by atoms with van der Waals surface area (Å²) in [6, 6.07) is 19.0. The molecule has 2 heterocycles. The number of aryl methyl sites for hydroxylation is 2. The molecule has 33 heavy (non-hydrogen) atoms. The molecule has 0 atom stereocenters. The van der Waals surface area contributed by atoms with E-state index in [1.807, 2.05) is 55.5 Å². The second kappa shape index (κ2) is 10.1. The van der Waals surface area contributed by atoms with Crippen LogP contribution < -0.4 is 15.6 Å². The number of hydrogen-bond acceptors (Lipinski definition) is 5. The predicted octanol–water partition coefficient (Wildman–Crippen LogP) is 3.41. The summed E-state index contributed by atoms with van der Waals surface area (Å²) in [5.74, 6) is 1.19. The zero-order chi connectivity index (χ0) is 23.2. The fraction of sp³-hybridized carbons (Fsp3) is 0.231. The number of rotatable bonds is 8. The van der Waals surface area contributed by atoms with Gasteiger partial charge in [0.25, 0.3) is 5.56 Å². The first kappa shape index (κ1) is 22.2. The van der Waals surface area contributed by atoms with E-state index in [2.05, 4.69) is 15.3 Å². The number of pyridine rings is 1. The van der Waals surface area contributed by atoms with Gasteiger partial charge in [0.05, 0.1) is 19.0 Å². The Morgan fingerprint density at radius 1 is 1.03 bits per heavy atom. The molecule has 0 fully saturated rings. The van der Waals surface area contributed by atoms with Crippen molar-refractivity contribution in [3.05, 3.63) is 99.7 Å². The van der Waals surface area contributed by atoms with Crippen molar-refractivity contribution < 1.29 is 9.53 Å². The van der Waals surface area contributed by atoms with Crippen LogP contribution in [0.25, 0.3) is 11.0 Å². The Bertz CT molecular complexity index is 1310. The zero-order valence-corrected chi connectivity index (χ0v) is 18.7. The maximum Gasteiger partial charge on any atom is 0.263 e. The number of hydrogen-bond donors (Lipinski definition) is 1. The van der Waals surface area contributed by atoms with Crippen molar-refractivity contribution >= 4 is 16.9 Å². The fourth-order valence-corrected chi connectivity index (χ4v) is 3.59. The van der Waals surface area contributed by atoms with Crippen LogP contribution in [0.4, 0.5) is 0 Å². The molecule has 168 valence electrons. The molecule has 0 unspecified atom stereocenters. The molecule has 7 nitrogen and oxygen atoms in total. The van der Waals surface area contributed by atoms with E-state index < -0.39 is 0 Å². The van der Waals surface area contributed by atoms with E-state index in [0.29, 0.717) is 36.4 Å². The third-order valence-electron chi connectivity index (χ3n) is 5.49. The Morgan fingerprint density at radius 2 is 1.76 bits per heavy atom. The molecule has 0 aliphatic rings. The van der Waals surface area contributed by atoms with Crippen LogP contribution in [0, 0.1) is 6.92 Å². The lowest BCUT2D eigenvalue weighted by molar-refractivity contribution is -0.121. The highest BCUT2D eigenvalue weighted by molar-refractivity contribution is 5.76. The first-order chi connectivity index (χ1) is 16.0. The van der Waals surface area contributed by atoms with Crippen LogP contribution >= 0.6 is 0 Å². The number of ether oxygens (including phenoxy) is 1. The van der Waals surface area contributed by atoms with E-state index in [1.165, 1.54) is 5.56 Å². The van der Waals surface area contributed by atoms with Gasteiger partial charge >= 0.3 is 0 Å². The van der Waals surface area contributed by atoms with Gasteiger partial charge in [-0.15, -0.1) is 0 Å². The monoisotopic (exact) mass is 442 g/mol. The van der Waals surface area contributed by atoms with Crippen LogP contribution in [0.1, 0.15) is 28.9 Å². The van der Waals surface area contributed by atoms with Gasteiger partial charge in [0.2, 0.25) is 5.91 Å². The van der Waals surface area contributed by atoms with Crippen molar-refractivity contribution in [2.24, 2.45) is 0 Å². The van der Waals surface area contributed by atoms with E-state index in [1.54, 1.807) is 30.0 Å². The van der Waals surface area contributed by atoms with Crippen molar-refractivity contribution in [1.29, 1.82) is 0 Å². The molecule has 0 radical (unpaired) electrons. The van der Waals surface area contributed by atoms with E-state index in [9.17, 15) is 9.59 Å². The molecular formula is C26H26N4O3. The molecular weight excluding hydrogens is 416 g/mol. The highest BCUT2D eigenvalue weighted by atomic mass is 16.5. The quantitative estimate of drug-likeness (QED) is 0.452. The summed E-state index contributed by atoms with van der Waals surface area (Å²) in [5, 5.41) is 3.40. The van der Waals surface area contributed by atoms with Crippen LogP contribution in [-0.4, -0.2) is 27.6 Å². The minimum atomic E-state index is -0.168. The van der Waals surface area contributed by atoms with Gasteiger partial charge in [0.1, 0.15) is 11.6 Å². The summed E-state index contributed by atoms with van der Waals surface area (Å²) in [6.07, 6.45) is 2.16. The molecule has 0 saturated heterocycles. The van der Waals surface area contributed by atoms with Crippen LogP contribution in [0.5, 0.6) is 5.75 Å². The lowest BCUT2D eigenvalue weighted by Gasteiger charge is -2.14. The van der Waals surface area contributed by atoms with Gasteiger partial charge in [-0.05, 0) is 42.3 Å². The lowest BCUT2D eigenvalue weighted by atomic mass is 10.1. The van der Waals surface area contributed by atoms with E-state index in [0.717, 1.165) is 16.9 Å². The van der Waals surface area contributed by atoms with Crippen LogP contribution in [-0.2, 0) is 24.3 Å². The lowest BCUT2D eigenvalue weighted by Crippen LogP contribution is -2.28. The van der Waals surface area contributed by atoms with Crippen molar-refractivity contribution in [2.75, 3.05) is 7.11 Å². The third-order valence-corrected chi connectivity index (χ3v) is 5.49. The molecule has 1 amide bonds. The van der Waals surface area contributed by atoms with E-state index in [4.69, 9.17) is 4.74 Å². The molecule has 4 aromatic rings. The van der Waals surface area contributed by atoms with Gasteiger partial charge in [-0.3, -0.25) is 14.2 Å². The fourth-order valence-electron chi connectivity index (χ4n) is 3.59. The predicted molar refractivity (Wildman–Crippen MR) is 127 cm³/mol. The molecule has 0 saturated carbocycles. The number of fused-ring (bicyclic) bond motifs is 1. The van der Waals surface area contributed by atoms with Crippen molar-refractivity contribution in [1.82, 2.24) is 19.9 Å². The molecule has 7 heteroatoms. The Hall–Kier alpha value is -4.00. The van der Waals surface area contributed by atoms with Gasteiger partial charge < -0.3 is 10.1 Å². The summed E-state index contributed by atoms with van der Waals surface area (Å²) >= 11 is 0. The first-order valence-corrected chi connectivity index (χ1v) is 10.8. The summed E-state index contributed by atoms with van der Waals surface area (Å²) < 4.78 is 6.84. The van der Waals surface area contributed by atoms with E-state index in [-0.39, 0.29) is 17.9 Å². The van der Waals surface area contributed by atoms with Crippen molar-refractivity contribution in [3.63, 3.8) is 0 Å². The number of carbonyl (C=O) groups is 1. The second-order valence-electron chi connectivity index (χ2n) is 7.90. The number of carbonyl (C=O) groups excluding carboxylic acids is 1. The molecule has 2 aromatic heterocycles. The Kier molecular flexibility index (Phi) is 6.78. The minimum absolute atomic E-state index is 0.0954. The first-order valence-electron chi connectivity index (χ1n) is 10.8. The molecule has 4 rings (SSSR count). The highest BCUT2D eigenvalue weighted by Gasteiger charge is 2.14. The Labute approximate surface area is 192 Å². The average molecular weight is 443 g/mol. The standard InChI is InChI=1S/C26H26N4O3/c1-18-5-7-19(8-6-18)16-28-24(31)14-13-23-29-25-22(4-3-15-27-25)26(32)30(23)17-20-9-11-21(33-2)12-10-20/h3-12,15H,13-14,16-17H2,1-2H3,(H,28,31). The number of nitrogens with one attached hydrogen (secondary N) is 1. The van der Waals surface area contributed by atoms with Crippen LogP contribution in [0.15, 0.2) is 71.7 Å². The average Bonchev–Trinajstić information content (AvgIpc) is 2.85. The molecule has 1 N–H and O–H groups in total. The maximum absolute atomic E-state index is 13.2. The van der Waals surface area contributed by atoms with Gasteiger partial charge in [-0.2, -0.15) is 0 Å². The molecule has 2 aromatic carbocycles. The summed E-state index contributed by atoms with van der Waals surface area (Å²) in [7, 11) is 1.61. The summed E-state index contributed by atoms with van der Waals surface area (Å²) in [5.41, 5.74) is 3.38. The molecule has 0 spiro atoms. The highest BCUT2D eigenvalue weighted by Crippen LogP contribution is 2.14. The van der Waals surface area contributed by atoms with Crippen molar-refractivity contribution in [2.45, 2.75) is 32.9 Å². The van der Waals surface area contributed by atoms with Crippen LogP contribution in [0.2, 0.25) is 0 Å². The third kappa shape index (κ3) is 5.44. The number of benzene rings is 2. The van der Waals surface area contributed by atoms with Gasteiger partial charge in [-0.1, -0.05) is 42.0 Å². The normalized spacial score (nSPS) is 10.8. The Morgan fingerprint density at radius 3 is 2.48 bits per heavy atom. The topological polar surface area (TPSA) is 86.1 Å². The maximum atomic E-state index is 13.2. The summed E-state index contributed by atoms with van der Waals surface area (Å²) in [6.45, 7) is 2.84. The largest absolute Gasteiger partial charge is 0.497 e.